The van der Waals surface area contributed by atoms with Crippen molar-refractivity contribution in [3.05, 3.63) is 71.3 Å². The molecule has 0 spiro atoms. The number of hydrogen-bond donors (Lipinski definition) is 3. The van der Waals surface area contributed by atoms with Crippen molar-refractivity contribution in [1.82, 2.24) is 10.6 Å². The van der Waals surface area contributed by atoms with E-state index in [1.165, 1.54) is 11.1 Å². The van der Waals surface area contributed by atoms with Crippen LogP contribution in [-0.2, 0) is 6.42 Å². The Bertz CT molecular complexity index is 719. The lowest BCUT2D eigenvalue weighted by molar-refractivity contribution is 0.335. The smallest absolute Gasteiger partial charge is 0.120 e. The summed E-state index contributed by atoms with van der Waals surface area (Å²) in [6.07, 6.45) is 3.36. The van der Waals surface area contributed by atoms with Crippen LogP contribution in [-0.4, -0.2) is 11.3 Å². The van der Waals surface area contributed by atoms with Crippen LogP contribution in [0.1, 0.15) is 43.5 Å². The van der Waals surface area contributed by atoms with Crippen molar-refractivity contribution in [2.24, 2.45) is 5.92 Å². The van der Waals surface area contributed by atoms with Gasteiger partial charge < -0.3 is 10.4 Å². The van der Waals surface area contributed by atoms with E-state index < -0.39 is 0 Å². The molecule has 0 amide bonds. The zero-order valence-corrected chi connectivity index (χ0v) is 14.6. The van der Waals surface area contributed by atoms with Gasteiger partial charge >= 0.3 is 0 Å². The molecule has 0 fully saturated rings. The fraction of sp³-hybridized carbons (Fsp3) is 0.333. The summed E-state index contributed by atoms with van der Waals surface area (Å²) in [6.45, 7) is 6.55. The standard InChI is InChI=1S/C21H26N2O/c1-4-15-9-11-16(12-10-15)18-13-19(23-21(22-18)14(2)3)17-7-5-6-8-20(17)24/h5-14,19,21-24H,4H2,1-3H3. The van der Waals surface area contributed by atoms with Gasteiger partial charge in [0, 0.05) is 11.3 Å². The van der Waals surface area contributed by atoms with E-state index in [2.05, 4.69) is 61.7 Å². The molecule has 0 saturated heterocycles. The molecule has 2 aromatic rings. The Morgan fingerprint density at radius 2 is 1.75 bits per heavy atom. The van der Waals surface area contributed by atoms with Crippen molar-refractivity contribution in [3.8, 4) is 5.75 Å². The van der Waals surface area contributed by atoms with Gasteiger partial charge in [-0.3, -0.25) is 5.32 Å². The van der Waals surface area contributed by atoms with Gasteiger partial charge in [-0.15, -0.1) is 0 Å². The zero-order chi connectivity index (χ0) is 17.1. The third-order valence-corrected chi connectivity index (χ3v) is 4.62. The van der Waals surface area contributed by atoms with Crippen molar-refractivity contribution in [3.63, 3.8) is 0 Å². The summed E-state index contributed by atoms with van der Waals surface area (Å²) in [6, 6.07) is 16.2. The van der Waals surface area contributed by atoms with Crippen LogP contribution in [0.2, 0.25) is 0 Å². The first-order valence-electron chi connectivity index (χ1n) is 8.70. The Hall–Kier alpha value is -2.26. The predicted molar refractivity (Wildman–Crippen MR) is 99.5 cm³/mol. The van der Waals surface area contributed by atoms with Gasteiger partial charge in [-0.1, -0.05) is 63.2 Å². The first kappa shape index (κ1) is 16.6. The largest absolute Gasteiger partial charge is 0.508 e. The molecule has 1 heterocycles. The van der Waals surface area contributed by atoms with Gasteiger partial charge in [-0.25, -0.2) is 0 Å². The van der Waals surface area contributed by atoms with Gasteiger partial charge in [0.05, 0.1) is 12.2 Å². The second-order valence-electron chi connectivity index (χ2n) is 6.70. The van der Waals surface area contributed by atoms with Crippen LogP contribution in [0.25, 0.3) is 5.70 Å². The number of rotatable bonds is 4. The molecule has 3 rings (SSSR count). The molecular formula is C21H26N2O. The number of nitrogens with one attached hydrogen (secondary N) is 2. The fourth-order valence-corrected chi connectivity index (χ4v) is 3.05. The third-order valence-electron chi connectivity index (χ3n) is 4.62. The van der Waals surface area contributed by atoms with E-state index >= 15 is 0 Å². The summed E-state index contributed by atoms with van der Waals surface area (Å²) in [5.41, 5.74) is 4.54. The van der Waals surface area contributed by atoms with Gasteiger partial charge in [0.1, 0.15) is 5.75 Å². The molecule has 0 bridgehead atoms. The lowest BCUT2D eigenvalue weighted by atomic mass is 9.96. The summed E-state index contributed by atoms with van der Waals surface area (Å²) < 4.78 is 0. The van der Waals surface area contributed by atoms with Crippen LogP contribution in [0.5, 0.6) is 5.75 Å². The number of phenols is 1. The first-order valence-corrected chi connectivity index (χ1v) is 8.70. The Kier molecular flexibility index (Phi) is 4.91. The van der Waals surface area contributed by atoms with Gasteiger partial charge in [-0.05, 0) is 35.6 Å². The average Bonchev–Trinajstić information content (AvgIpc) is 2.61. The second kappa shape index (κ2) is 7.10. The van der Waals surface area contributed by atoms with Crippen molar-refractivity contribution in [2.75, 3.05) is 0 Å². The highest BCUT2D eigenvalue weighted by Crippen LogP contribution is 2.30. The average molecular weight is 322 g/mol. The summed E-state index contributed by atoms with van der Waals surface area (Å²) in [5, 5.41) is 17.4. The minimum Gasteiger partial charge on any atom is -0.508 e. The monoisotopic (exact) mass is 322 g/mol. The minimum atomic E-state index is -0.0132. The lowest BCUT2D eigenvalue weighted by Crippen LogP contribution is -2.49. The summed E-state index contributed by atoms with van der Waals surface area (Å²) >= 11 is 0. The number of benzene rings is 2. The highest BCUT2D eigenvalue weighted by Gasteiger charge is 2.26. The predicted octanol–water partition coefficient (Wildman–Crippen LogP) is 4.21. The molecular weight excluding hydrogens is 296 g/mol. The number of aromatic hydroxyl groups is 1. The summed E-state index contributed by atoms with van der Waals surface area (Å²) in [4.78, 5) is 0. The van der Waals surface area contributed by atoms with Gasteiger partial charge in [0.2, 0.25) is 0 Å². The van der Waals surface area contributed by atoms with Crippen molar-refractivity contribution < 1.29 is 5.11 Å². The molecule has 126 valence electrons. The Labute approximate surface area is 144 Å². The van der Waals surface area contributed by atoms with Crippen LogP contribution in [0.4, 0.5) is 0 Å². The van der Waals surface area contributed by atoms with Crippen molar-refractivity contribution >= 4 is 5.70 Å². The molecule has 0 radical (unpaired) electrons. The molecule has 1 aliphatic rings. The molecule has 0 aromatic heterocycles. The van der Waals surface area contributed by atoms with E-state index in [0.717, 1.165) is 17.7 Å². The number of aryl methyl sites for hydroxylation is 1. The zero-order valence-electron chi connectivity index (χ0n) is 14.6. The van der Waals surface area contributed by atoms with Crippen LogP contribution >= 0.6 is 0 Å². The van der Waals surface area contributed by atoms with Crippen molar-refractivity contribution in [1.29, 1.82) is 0 Å². The summed E-state index contributed by atoms with van der Waals surface area (Å²) in [7, 11) is 0. The van der Waals surface area contributed by atoms with Crippen LogP contribution in [0.15, 0.2) is 54.6 Å². The molecule has 2 aromatic carbocycles. The molecule has 2 unspecified atom stereocenters. The highest BCUT2D eigenvalue weighted by atomic mass is 16.3. The third kappa shape index (κ3) is 3.46. The van der Waals surface area contributed by atoms with Crippen LogP contribution < -0.4 is 10.6 Å². The first-order chi connectivity index (χ1) is 11.6. The van der Waals surface area contributed by atoms with Crippen molar-refractivity contribution in [2.45, 2.75) is 39.4 Å². The molecule has 3 N–H and O–H groups in total. The molecule has 0 saturated carbocycles. The molecule has 24 heavy (non-hydrogen) atoms. The summed E-state index contributed by atoms with van der Waals surface area (Å²) in [5.74, 6) is 0.758. The number of hydrogen-bond acceptors (Lipinski definition) is 3. The quantitative estimate of drug-likeness (QED) is 0.790. The van der Waals surface area contributed by atoms with E-state index in [1.54, 1.807) is 6.07 Å². The second-order valence-corrected chi connectivity index (χ2v) is 6.70. The molecule has 3 nitrogen and oxygen atoms in total. The molecule has 2 atom stereocenters. The number of phenolic OH excluding ortho intramolecular Hbond substituents is 1. The van der Waals surface area contributed by atoms with Crippen LogP contribution in [0, 0.1) is 5.92 Å². The SMILES string of the molecule is CCc1ccc(C2=CC(c3ccccc3O)NC(C(C)C)N2)cc1. The van der Waals surface area contributed by atoms with E-state index in [9.17, 15) is 5.11 Å². The molecule has 1 aliphatic heterocycles. The maximum absolute atomic E-state index is 10.2. The number of para-hydroxylation sites is 1. The normalized spacial score (nSPS) is 20.6. The minimum absolute atomic E-state index is 0.0132. The van der Waals surface area contributed by atoms with E-state index in [0.29, 0.717) is 11.7 Å². The van der Waals surface area contributed by atoms with Gasteiger partial charge in [-0.2, -0.15) is 0 Å². The maximum atomic E-state index is 10.2. The Morgan fingerprint density at radius 1 is 1.04 bits per heavy atom. The Balaban J connectivity index is 1.97. The van der Waals surface area contributed by atoms with Gasteiger partial charge in [0.15, 0.2) is 0 Å². The van der Waals surface area contributed by atoms with E-state index in [1.807, 2.05) is 18.2 Å². The van der Waals surface area contributed by atoms with E-state index in [-0.39, 0.29) is 12.2 Å². The maximum Gasteiger partial charge on any atom is 0.120 e. The molecule has 3 heteroatoms. The fourth-order valence-electron chi connectivity index (χ4n) is 3.05. The topological polar surface area (TPSA) is 44.3 Å². The highest BCUT2D eigenvalue weighted by molar-refractivity contribution is 5.66. The van der Waals surface area contributed by atoms with Crippen LogP contribution in [0.3, 0.4) is 0 Å². The molecule has 0 aliphatic carbocycles. The van der Waals surface area contributed by atoms with Gasteiger partial charge in [0.25, 0.3) is 0 Å². The lowest BCUT2D eigenvalue weighted by Gasteiger charge is -2.35. The Morgan fingerprint density at radius 3 is 2.38 bits per heavy atom. The van der Waals surface area contributed by atoms with E-state index in [4.69, 9.17) is 0 Å².